The van der Waals surface area contributed by atoms with Gasteiger partial charge >= 0.3 is 0 Å². The molecule has 4 nitrogen and oxygen atoms in total. The molecule has 1 aliphatic heterocycles. The molecule has 2 fully saturated rings. The highest BCUT2D eigenvalue weighted by Gasteiger charge is 2.55. The molecule has 2 aliphatic rings. The SMILES string of the molecule is Cc1ccc(C)c(S(=O)(=O)C2(C(=O)N3CCCC(C)C3)CCCC2)c1. The summed E-state index contributed by atoms with van der Waals surface area (Å²) in [6, 6.07) is 5.50. The molecule has 1 unspecified atom stereocenters. The maximum Gasteiger partial charge on any atom is 0.244 e. The molecule has 0 bridgehead atoms. The fourth-order valence-electron chi connectivity index (χ4n) is 4.41. The summed E-state index contributed by atoms with van der Waals surface area (Å²) in [6.45, 7) is 7.23. The van der Waals surface area contributed by atoms with Gasteiger partial charge in [0.1, 0.15) is 0 Å². The van der Waals surface area contributed by atoms with Gasteiger partial charge in [-0.25, -0.2) is 8.42 Å². The van der Waals surface area contributed by atoms with Gasteiger partial charge in [0.25, 0.3) is 0 Å². The van der Waals surface area contributed by atoms with Crippen LogP contribution in [0.4, 0.5) is 0 Å². The van der Waals surface area contributed by atoms with Crippen LogP contribution in [0.2, 0.25) is 0 Å². The Morgan fingerprint density at radius 3 is 2.48 bits per heavy atom. The molecule has 5 heteroatoms. The number of benzene rings is 1. The third-order valence-electron chi connectivity index (χ3n) is 5.89. The van der Waals surface area contributed by atoms with Gasteiger partial charge in [-0.2, -0.15) is 0 Å². The van der Waals surface area contributed by atoms with E-state index < -0.39 is 14.6 Å². The number of carbonyl (C=O) groups is 1. The molecule has 1 amide bonds. The second-order valence-electron chi connectivity index (χ2n) is 7.97. The van der Waals surface area contributed by atoms with Crippen LogP contribution < -0.4 is 0 Å². The van der Waals surface area contributed by atoms with Gasteiger partial charge < -0.3 is 4.90 Å². The monoisotopic (exact) mass is 363 g/mol. The summed E-state index contributed by atoms with van der Waals surface area (Å²) >= 11 is 0. The first-order valence-corrected chi connectivity index (χ1v) is 10.9. The van der Waals surface area contributed by atoms with Crippen LogP contribution in [0.3, 0.4) is 0 Å². The van der Waals surface area contributed by atoms with Crippen LogP contribution in [0.15, 0.2) is 23.1 Å². The molecule has 1 aromatic carbocycles. The highest BCUT2D eigenvalue weighted by atomic mass is 32.2. The number of nitrogens with zero attached hydrogens (tertiary/aromatic N) is 1. The minimum Gasteiger partial charge on any atom is -0.341 e. The van der Waals surface area contributed by atoms with E-state index in [4.69, 9.17) is 0 Å². The second-order valence-corrected chi connectivity index (χ2v) is 10.2. The normalized spacial score (nSPS) is 23.6. The van der Waals surface area contributed by atoms with Crippen LogP contribution in [0.25, 0.3) is 0 Å². The van der Waals surface area contributed by atoms with Crippen molar-refractivity contribution in [1.82, 2.24) is 4.90 Å². The van der Waals surface area contributed by atoms with Crippen molar-refractivity contribution in [3.05, 3.63) is 29.3 Å². The number of rotatable bonds is 3. The molecular weight excluding hydrogens is 334 g/mol. The summed E-state index contributed by atoms with van der Waals surface area (Å²) in [5.41, 5.74) is 1.65. The molecule has 0 N–H and O–H groups in total. The molecule has 1 aromatic rings. The van der Waals surface area contributed by atoms with Crippen molar-refractivity contribution in [3.8, 4) is 0 Å². The number of hydrogen-bond donors (Lipinski definition) is 0. The molecule has 0 spiro atoms. The highest BCUT2D eigenvalue weighted by Crippen LogP contribution is 2.43. The standard InChI is InChI=1S/C20H29NO3S/c1-15-8-9-17(3)18(13-15)25(23,24)20(10-4-5-11-20)19(22)21-12-6-7-16(2)14-21/h8-9,13,16H,4-7,10-12,14H2,1-3H3. The van der Waals surface area contributed by atoms with E-state index in [1.54, 1.807) is 6.07 Å². The molecule has 1 aliphatic carbocycles. The van der Waals surface area contributed by atoms with Gasteiger partial charge in [0.2, 0.25) is 5.91 Å². The zero-order chi connectivity index (χ0) is 18.2. The molecule has 138 valence electrons. The van der Waals surface area contributed by atoms with E-state index in [0.29, 0.717) is 36.7 Å². The van der Waals surface area contributed by atoms with Gasteiger partial charge in [0, 0.05) is 13.1 Å². The molecule has 3 rings (SSSR count). The maximum atomic E-state index is 13.6. The minimum atomic E-state index is -3.71. The Kier molecular flexibility index (Phi) is 4.97. The summed E-state index contributed by atoms with van der Waals surface area (Å²) < 4.78 is 26.0. The Labute approximate surface area is 151 Å². The van der Waals surface area contributed by atoms with Crippen LogP contribution in [0.1, 0.15) is 56.6 Å². The average molecular weight is 364 g/mol. The van der Waals surface area contributed by atoms with Crippen LogP contribution in [0, 0.1) is 19.8 Å². The number of amides is 1. The van der Waals surface area contributed by atoms with Crippen LogP contribution in [-0.4, -0.2) is 37.1 Å². The first-order valence-electron chi connectivity index (χ1n) is 9.39. The van der Waals surface area contributed by atoms with Crippen molar-refractivity contribution in [2.75, 3.05) is 13.1 Å². The van der Waals surface area contributed by atoms with Crippen LogP contribution >= 0.6 is 0 Å². The van der Waals surface area contributed by atoms with Gasteiger partial charge in [0.05, 0.1) is 4.90 Å². The third kappa shape index (κ3) is 3.12. The van der Waals surface area contributed by atoms with E-state index in [2.05, 4.69) is 6.92 Å². The summed E-state index contributed by atoms with van der Waals surface area (Å²) in [5, 5.41) is 0. The molecule has 1 heterocycles. The zero-order valence-corrected chi connectivity index (χ0v) is 16.4. The van der Waals surface area contributed by atoms with Crippen molar-refractivity contribution < 1.29 is 13.2 Å². The first kappa shape index (κ1) is 18.4. The lowest BCUT2D eigenvalue weighted by Gasteiger charge is -2.38. The van der Waals surface area contributed by atoms with E-state index in [-0.39, 0.29) is 5.91 Å². The number of carbonyl (C=O) groups excluding carboxylic acids is 1. The molecular formula is C20H29NO3S. The number of likely N-dealkylation sites (tertiary alicyclic amines) is 1. The van der Waals surface area contributed by atoms with Crippen LogP contribution in [0.5, 0.6) is 0 Å². The molecule has 0 radical (unpaired) electrons. The smallest absolute Gasteiger partial charge is 0.244 e. The Morgan fingerprint density at radius 1 is 1.16 bits per heavy atom. The van der Waals surface area contributed by atoms with Crippen molar-refractivity contribution in [1.29, 1.82) is 0 Å². The van der Waals surface area contributed by atoms with Crippen LogP contribution in [-0.2, 0) is 14.6 Å². The number of piperidine rings is 1. The first-order chi connectivity index (χ1) is 11.8. The van der Waals surface area contributed by atoms with Crippen molar-refractivity contribution in [2.24, 2.45) is 5.92 Å². The Balaban J connectivity index is 2.05. The van der Waals surface area contributed by atoms with Gasteiger partial charge in [-0.05, 0) is 62.6 Å². The molecule has 0 aromatic heterocycles. The lowest BCUT2D eigenvalue weighted by molar-refractivity contribution is -0.135. The number of aryl methyl sites for hydroxylation is 2. The number of hydrogen-bond acceptors (Lipinski definition) is 3. The summed E-state index contributed by atoms with van der Waals surface area (Å²) in [6.07, 6.45) is 4.59. The van der Waals surface area contributed by atoms with Gasteiger partial charge in [-0.15, -0.1) is 0 Å². The van der Waals surface area contributed by atoms with E-state index in [1.165, 1.54) is 0 Å². The third-order valence-corrected chi connectivity index (χ3v) is 8.52. The van der Waals surface area contributed by atoms with Crippen molar-refractivity contribution in [3.63, 3.8) is 0 Å². The van der Waals surface area contributed by atoms with Crippen molar-refractivity contribution >= 4 is 15.7 Å². The molecule has 1 atom stereocenters. The quantitative estimate of drug-likeness (QED) is 0.824. The average Bonchev–Trinajstić information content (AvgIpc) is 3.08. The number of sulfone groups is 1. The minimum absolute atomic E-state index is 0.155. The topological polar surface area (TPSA) is 54.5 Å². The fraction of sp³-hybridized carbons (Fsp3) is 0.650. The predicted octanol–water partition coefficient (Wildman–Crippen LogP) is 3.65. The predicted molar refractivity (Wildman–Crippen MR) is 99.3 cm³/mol. The fourth-order valence-corrected chi connectivity index (χ4v) is 6.85. The summed E-state index contributed by atoms with van der Waals surface area (Å²) in [4.78, 5) is 15.6. The van der Waals surface area contributed by atoms with Gasteiger partial charge in [-0.1, -0.05) is 31.9 Å². The maximum absolute atomic E-state index is 13.6. The Bertz CT molecular complexity index is 763. The zero-order valence-electron chi connectivity index (χ0n) is 15.5. The Hall–Kier alpha value is -1.36. The molecule has 1 saturated heterocycles. The van der Waals surface area contributed by atoms with Gasteiger partial charge in [0.15, 0.2) is 14.6 Å². The van der Waals surface area contributed by atoms with E-state index >= 15 is 0 Å². The van der Waals surface area contributed by atoms with Gasteiger partial charge in [-0.3, -0.25) is 4.79 Å². The summed E-state index contributed by atoms with van der Waals surface area (Å²) in [7, 11) is -3.71. The van der Waals surface area contributed by atoms with E-state index in [0.717, 1.165) is 36.8 Å². The van der Waals surface area contributed by atoms with E-state index in [1.807, 2.05) is 30.9 Å². The lowest BCUT2D eigenvalue weighted by atomic mass is 9.97. The lowest BCUT2D eigenvalue weighted by Crippen LogP contribution is -2.54. The van der Waals surface area contributed by atoms with E-state index in [9.17, 15) is 13.2 Å². The Morgan fingerprint density at radius 2 is 1.84 bits per heavy atom. The largest absolute Gasteiger partial charge is 0.341 e. The summed E-state index contributed by atoms with van der Waals surface area (Å²) in [5.74, 6) is 0.289. The molecule has 25 heavy (non-hydrogen) atoms. The second kappa shape index (κ2) is 6.75. The highest BCUT2D eigenvalue weighted by molar-refractivity contribution is 7.93. The molecule has 1 saturated carbocycles. The van der Waals surface area contributed by atoms with Crippen molar-refractivity contribution in [2.45, 2.75) is 68.9 Å².